The van der Waals surface area contributed by atoms with E-state index in [2.05, 4.69) is 55.4 Å². The highest BCUT2D eigenvalue weighted by atomic mass is 79.9. The molecule has 0 aromatic rings. The molecule has 0 aliphatic carbocycles. The predicted molar refractivity (Wildman–Crippen MR) is 372 cm³/mol. The van der Waals surface area contributed by atoms with Gasteiger partial charge in [-0.2, -0.15) is 0 Å². The van der Waals surface area contributed by atoms with Crippen molar-refractivity contribution in [1.29, 1.82) is 0 Å². The average molecular weight is 1210 g/mol. The van der Waals surface area contributed by atoms with Crippen molar-refractivity contribution in [2.24, 2.45) is 5.41 Å². The SMILES string of the molecule is CCCCCCCCCCCCC(CCCCCCCCCCCC)(CCCCCCCCCCCC)C(CCCCCCCCCCCC)(CCCCCCCCCCCC)[P+](CC)(CC)CCCCCCCCCCCC.[Br-]. The monoisotopic (exact) mass is 1210 g/mol. The van der Waals surface area contributed by atoms with Crippen LogP contribution in [-0.2, 0) is 0 Å². The van der Waals surface area contributed by atoms with Crippen molar-refractivity contribution >= 4 is 7.26 Å². The fourth-order valence-electron chi connectivity index (χ4n) is 15.6. The maximum atomic E-state index is 2.81. The van der Waals surface area contributed by atoms with Crippen molar-refractivity contribution in [3.05, 3.63) is 0 Å². The molecule has 0 saturated heterocycles. The molecule has 0 nitrogen and oxygen atoms in total. The number of halogens is 1. The topological polar surface area (TPSA) is 0 Å². The number of rotatable bonds is 70. The molecule has 0 aliphatic rings. The smallest absolute Gasteiger partial charge is 0.0855 e. The van der Waals surface area contributed by atoms with Crippen molar-refractivity contribution in [1.82, 2.24) is 0 Å². The van der Waals surface area contributed by atoms with Gasteiger partial charge in [-0.05, 0) is 71.6 Å². The lowest BCUT2D eigenvalue weighted by Gasteiger charge is -2.58. The molecule has 0 fully saturated rings. The second-order valence-electron chi connectivity index (χ2n) is 27.7. The van der Waals surface area contributed by atoms with Crippen molar-refractivity contribution in [2.75, 3.05) is 18.5 Å². The lowest BCUT2D eigenvalue weighted by molar-refractivity contribution is -0.0000178. The molecule has 0 aromatic heterocycles. The van der Waals surface area contributed by atoms with Crippen molar-refractivity contribution in [3.8, 4) is 0 Å². The summed E-state index contributed by atoms with van der Waals surface area (Å²) in [7, 11) is -1.29. The lowest BCUT2D eigenvalue weighted by Crippen LogP contribution is -3.00. The third kappa shape index (κ3) is 45.2. The molecule has 0 N–H and O–H groups in total. The Kier molecular flexibility index (Phi) is 68.3. The zero-order valence-electron chi connectivity index (χ0n) is 57.9. The van der Waals surface area contributed by atoms with E-state index in [1.54, 1.807) is 69.9 Å². The highest BCUT2D eigenvalue weighted by Crippen LogP contribution is 2.79. The van der Waals surface area contributed by atoms with E-state index >= 15 is 0 Å². The van der Waals surface area contributed by atoms with Crippen LogP contribution in [0.2, 0.25) is 0 Å². The van der Waals surface area contributed by atoms with Crippen molar-refractivity contribution in [3.63, 3.8) is 0 Å². The Bertz CT molecular complexity index is 1030. The summed E-state index contributed by atoms with van der Waals surface area (Å²) in [5.41, 5.74) is 0.546. The van der Waals surface area contributed by atoms with Gasteiger partial charge in [-0.25, -0.2) is 0 Å². The fraction of sp³-hybridized carbons (Fsp3) is 1.00. The van der Waals surface area contributed by atoms with Gasteiger partial charge in [0.25, 0.3) is 0 Å². The summed E-state index contributed by atoms with van der Waals surface area (Å²) in [5.74, 6) is 0. The van der Waals surface area contributed by atoms with Crippen molar-refractivity contribution < 1.29 is 17.0 Å². The van der Waals surface area contributed by atoms with E-state index in [9.17, 15) is 0 Å². The van der Waals surface area contributed by atoms with Crippen LogP contribution in [0.1, 0.15) is 473 Å². The van der Waals surface area contributed by atoms with E-state index in [0.29, 0.717) is 10.6 Å². The van der Waals surface area contributed by atoms with Crippen LogP contribution in [0.15, 0.2) is 0 Å². The molecular formula is C78H160BrP. The molecule has 80 heavy (non-hydrogen) atoms. The number of hydrogen-bond donors (Lipinski definition) is 0. The molecule has 0 atom stereocenters. The van der Waals surface area contributed by atoms with Gasteiger partial charge in [-0.3, -0.25) is 0 Å². The minimum absolute atomic E-state index is 0. The Hall–Kier alpha value is 0.910. The van der Waals surface area contributed by atoms with E-state index in [1.807, 2.05) is 0 Å². The van der Waals surface area contributed by atoms with Gasteiger partial charge in [-0.1, -0.05) is 401 Å². The normalized spacial score (nSPS) is 12.3. The maximum absolute atomic E-state index is 2.81. The Morgan fingerprint density at radius 1 is 0.175 bits per heavy atom. The van der Waals surface area contributed by atoms with E-state index < -0.39 is 7.26 Å². The summed E-state index contributed by atoms with van der Waals surface area (Å²) in [6, 6.07) is 0. The van der Waals surface area contributed by atoms with Gasteiger partial charge in [0.05, 0.1) is 23.6 Å². The van der Waals surface area contributed by atoms with Crippen LogP contribution >= 0.6 is 7.26 Å². The zero-order valence-corrected chi connectivity index (χ0v) is 60.4. The van der Waals surface area contributed by atoms with Gasteiger partial charge in [0.1, 0.15) is 0 Å². The number of hydrogen-bond acceptors (Lipinski definition) is 0. The molecule has 0 aromatic carbocycles. The van der Waals surface area contributed by atoms with E-state index in [0.717, 1.165) is 0 Å². The first kappa shape index (κ1) is 83.0. The Morgan fingerprint density at radius 3 is 0.500 bits per heavy atom. The second-order valence-corrected chi connectivity index (χ2v) is 32.5. The van der Waals surface area contributed by atoms with Crippen molar-refractivity contribution in [2.45, 2.75) is 478 Å². The number of unbranched alkanes of at least 4 members (excludes halogenated alkanes) is 54. The van der Waals surface area contributed by atoms with Gasteiger partial charge in [-0.15, -0.1) is 0 Å². The maximum Gasteiger partial charge on any atom is 0.0855 e. The first-order chi connectivity index (χ1) is 39.0. The van der Waals surface area contributed by atoms with E-state index in [1.165, 1.54) is 366 Å². The Morgan fingerprint density at radius 2 is 0.325 bits per heavy atom. The average Bonchev–Trinajstić information content (AvgIpc) is 3.47. The Labute approximate surface area is 522 Å². The molecule has 0 aliphatic heterocycles. The summed E-state index contributed by atoms with van der Waals surface area (Å²) < 4.78 is 0. The van der Waals surface area contributed by atoms with Crippen LogP contribution in [0, 0.1) is 5.41 Å². The summed E-state index contributed by atoms with van der Waals surface area (Å²) in [5, 5.41) is 0.584. The van der Waals surface area contributed by atoms with Gasteiger partial charge in [0, 0.05) is 12.7 Å². The molecule has 0 rings (SSSR count). The molecule has 2 heteroatoms. The van der Waals surface area contributed by atoms with Gasteiger partial charge < -0.3 is 17.0 Å². The molecule has 0 spiro atoms. The molecule has 0 saturated carbocycles. The van der Waals surface area contributed by atoms with Crippen LogP contribution in [0.3, 0.4) is 0 Å². The zero-order chi connectivity index (χ0) is 57.6. The van der Waals surface area contributed by atoms with Crippen LogP contribution in [0.5, 0.6) is 0 Å². The van der Waals surface area contributed by atoms with Crippen LogP contribution in [0.4, 0.5) is 0 Å². The first-order valence-electron chi connectivity index (χ1n) is 38.8. The lowest BCUT2D eigenvalue weighted by atomic mass is 9.61. The van der Waals surface area contributed by atoms with E-state index in [4.69, 9.17) is 0 Å². The second kappa shape index (κ2) is 65.9. The van der Waals surface area contributed by atoms with Gasteiger partial charge in [0.15, 0.2) is 0 Å². The summed E-state index contributed by atoms with van der Waals surface area (Å²) in [6.07, 6.45) is 102. The fourth-order valence-corrected chi connectivity index (χ4v) is 21.8. The molecule has 0 unspecified atom stereocenters. The third-order valence-corrected chi connectivity index (χ3v) is 27.3. The molecule has 0 heterocycles. The third-order valence-electron chi connectivity index (χ3n) is 21.0. The van der Waals surface area contributed by atoms with Crippen LogP contribution < -0.4 is 17.0 Å². The van der Waals surface area contributed by atoms with Crippen LogP contribution in [0.25, 0.3) is 0 Å². The minimum atomic E-state index is -1.29. The van der Waals surface area contributed by atoms with Gasteiger partial charge >= 0.3 is 0 Å². The van der Waals surface area contributed by atoms with Gasteiger partial charge in [0.2, 0.25) is 0 Å². The quantitative estimate of drug-likeness (QED) is 0.0421. The summed E-state index contributed by atoms with van der Waals surface area (Å²) >= 11 is 0. The summed E-state index contributed by atoms with van der Waals surface area (Å²) in [4.78, 5) is 0. The van der Waals surface area contributed by atoms with Crippen LogP contribution in [-0.4, -0.2) is 23.6 Å². The first-order valence-corrected chi connectivity index (χ1v) is 41.2. The van der Waals surface area contributed by atoms with E-state index in [-0.39, 0.29) is 17.0 Å². The molecule has 484 valence electrons. The predicted octanol–water partition coefficient (Wildman–Crippen LogP) is 27.2. The molecular weight excluding hydrogens is 1050 g/mol. The minimum Gasteiger partial charge on any atom is -1.00 e. The molecule has 0 bridgehead atoms. The highest BCUT2D eigenvalue weighted by molar-refractivity contribution is 7.77. The standard InChI is InChI=1S/C78H160P.BrH/c1-9-17-23-29-35-41-47-53-59-65-71-77(72-66-60-54-48-42-36-30-24-18-10-2,73-67-61-55-49-43-37-31-25-19-11-3)78(74-68-62-56-50-44-38-32-26-20-12-4,75-69-63-57-51-45-39-33-27-21-13-5)79(15-7,16-8)76-70-64-58-52-46-40-34-28-22-14-6;/h9-76H2,1-8H3;1H/q+1;/p-1. The Balaban J connectivity index is 0. The molecule has 0 amide bonds. The summed E-state index contributed by atoms with van der Waals surface area (Å²) in [6.45, 7) is 19.9. The molecule has 0 radical (unpaired) electrons. The highest BCUT2D eigenvalue weighted by Gasteiger charge is 2.64. The largest absolute Gasteiger partial charge is 1.00 e.